The zero-order chi connectivity index (χ0) is 15.3. The second-order valence-electron chi connectivity index (χ2n) is 4.33. The van der Waals surface area contributed by atoms with Crippen LogP contribution in [0.4, 0.5) is 14.5 Å². The molecule has 1 amide bonds. The van der Waals surface area contributed by atoms with E-state index in [9.17, 15) is 18.4 Å². The Kier molecular flexibility index (Phi) is 5.57. The maximum absolute atomic E-state index is 13.5. The average Bonchev–Trinajstić information content (AvgIpc) is 2.38. The van der Waals surface area contributed by atoms with Crippen molar-refractivity contribution in [3.63, 3.8) is 0 Å². The molecular formula is C13H16F2N2O3. The highest BCUT2D eigenvalue weighted by Gasteiger charge is 2.20. The molecule has 0 bridgehead atoms. The van der Waals surface area contributed by atoms with Crippen LogP contribution in [0.2, 0.25) is 0 Å². The van der Waals surface area contributed by atoms with Gasteiger partial charge in [0.2, 0.25) is 5.91 Å². The fourth-order valence-corrected chi connectivity index (χ4v) is 1.75. The molecule has 0 aliphatic heterocycles. The summed E-state index contributed by atoms with van der Waals surface area (Å²) in [7, 11) is 0. The normalized spacial score (nSPS) is 12.0. The van der Waals surface area contributed by atoms with Gasteiger partial charge in [-0.15, -0.1) is 0 Å². The number of carboxylic acid groups (broad SMARTS) is 1. The van der Waals surface area contributed by atoms with Crippen molar-refractivity contribution >= 4 is 17.6 Å². The minimum absolute atomic E-state index is 0.0915. The van der Waals surface area contributed by atoms with E-state index in [0.717, 1.165) is 12.5 Å². The van der Waals surface area contributed by atoms with Crippen LogP contribution >= 0.6 is 0 Å². The fraction of sp³-hybridized carbons (Fsp3) is 0.385. The SMILES string of the molecule is CCCC(CN)C(=O)Nc1cc(C(=O)O)c(F)cc1F. The van der Waals surface area contributed by atoms with Gasteiger partial charge in [-0.1, -0.05) is 13.3 Å². The number of rotatable bonds is 6. The molecule has 110 valence electrons. The summed E-state index contributed by atoms with van der Waals surface area (Å²) in [6.07, 6.45) is 1.25. The molecule has 5 nitrogen and oxygen atoms in total. The summed E-state index contributed by atoms with van der Waals surface area (Å²) in [4.78, 5) is 22.6. The van der Waals surface area contributed by atoms with Crippen LogP contribution in [0.15, 0.2) is 12.1 Å². The molecule has 1 atom stereocenters. The summed E-state index contributed by atoms with van der Waals surface area (Å²) in [5, 5.41) is 11.0. The molecule has 1 aromatic rings. The Labute approximate surface area is 114 Å². The fourth-order valence-electron chi connectivity index (χ4n) is 1.75. The van der Waals surface area contributed by atoms with Crippen LogP contribution < -0.4 is 11.1 Å². The summed E-state index contributed by atoms with van der Waals surface area (Å²) in [5.74, 6) is -4.79. The van der Waals surface area contributed by atoms with Crippen molar-refractivity contribution in [2.24, 2.45) is 11.7 Å². The molecule has 1 rings (SSSR count). The average molecular weight is 286 g/mol. The number of hydrogen-bond acceptors (Lipinski definition) is 3. The molecular weight excluding hydrogens is 270 g/mol. The Balaban J connectivity index is 3.00. The lowest BCUT2D eigenvalue weighted by Crippen LogP contribution is -2.29. The van der Waals surface area contributed by atoms with Crippen molar-refractivity contribution in [3.8, 4) is 0 Å². The van der Waals surface area contributed by atoms with Crippen molar-refractivity contribution in [1.82, 2.24) is 0 Å². The molecule has 0 aliphatic carbocycles. The Morgan fingerprint density at radius 1 is 1.35 bits per heavy atom. The lowest BCUT2D eigenvalue weighted by atomic mass is 10.0. The number of carboxylic acids is 1. The van der Waals surface area contributed by atoms with E-state index in [4.69, 9.17) is 10.8 Å². The van der Waals surface area contributed by atoms with E-state index in [-0.39, 0.29) is 12.2 Å². The van der Waals surface area contributed by atoms with Gasteiger partial charge >= 0.3 is 5.97 Å². The first-order valence-electron chi connectivity index (χ1n) is 6.14. The number of nitrogens with one attached hydrogen (secondary N) is 1. The summed E-state index contributed by atoms with van der Waals surface area (Å²) < 4.78 is 26.7. The van der Waals surface area contributed by atoms with E-state index in [1.165, 1.54) is 0 Å². The van der Waals surface area contributed by atoms with Crippen molar-refractivity contribution in [1.29, 1.82) is 0 Å². The summed E-state index contributed by atoms with van der Waals surface area (Å²) in [5.41, 5.74) is 4.37. The van der Waals surface area contributed by atoms with Crippen LogP contribution in [0.1, 0.15) is 30.1 Å². The molecule has 4 N–H and O–H groups in total. The van der Waals surface area contributed by atoms with Crippen molar-refractivity contribution in [2.75, 3.05) is 11.9 Å². The number of benzene rings is 1. The maximum atomic E-state index is 13.5. The van der Waals surface area contributed by atoms with Gasteiger partial charge < -0.3 is 16.2 Å². The second-order valence-corrected chi connectivity index (χ2v) is 4.33. The molecule has 0 saturated heterocycles. The number of anilines is 1. The number of nitrogens with two attached hydrogens (primary N) is 1. The lowest BCUT2D eigenvalue weighted by Gasteiger charge is -2.14. The molecule has 20 heavy (non-hydrogen) atoms. The highest BCUT2D eigenvalue weighted by molar-refractivity contribution is 5.95. The standard InChI is InChI=1S/C13H16F2N2O3/c1-2-3-7(6-16)12(18)17-11-4-8(13(19)20)9(14)5-10(11)15/h4-5,7H,2-3,6,16H2,1H3,(H,17,18)(H,19,20). The predicted molar refractivity (Wildman–Crippen MR) is 69.4 cm³/mol. The van der Waals surface area contributed by atoms with E-state index in [1.54, 1.807) is 0 Å². The minimum Gasteiger partial charge on any atom is -0.478 e. The van der Waals surface area contributed by atoms with Crippen LogP contribution in [-0.4, -0.2) is 23.5 Å². The van der Waals surface area contributed by atoms with E-state index in [2.05, 4.69) is 5.32 Å². The Morgan fingerprint density at radius 2 is 2.00 bits per heavy atom. The van der Waals surface area contributed by atoms with E-state index >= 15 is 0 Å². The topological polar surface area (TPSA) is 92.4 Å². The molecule has 0 aromatic heterocycles. The van der Waals surface area contributed by atoms with E-state index in [1.807, 2.05) is 6.92 Å². The first kappa shape index (κ1) is 16.0. The molecule has 0 aliphatic rings. The number of aromatic carboxylic acids is 1. The largest absolute Gasteiger partial charge is 0.478 e. The quantitative estimate of drug-likeness (QED) is 0.745. The summed E-state index contributed by atoms with van der Waals surface area (Å²) >= 11 is 0. The van der Waals surface area contributed by atoms with Gasteiger partial charge in [0.1, 0.15) is 11.6 Å². The molecule has 1 unspecified atom stereocenters. The molecule has 0 radical (unpaired) electrons. The van der Waals surface area contributed by atoms with E-state index < -0.39 is 35.0 Å². The minimum atomic E-state index is -1.54. The molecule has 0 fully saturated rings. The van der Waals surface area contributed by atoms with Crippen LogP contribution in [0.25, 0.3) is 0 Å². The second kappa shape index (κ2) is 6.95. The molecule has 0 saturated carbocycles. The first-order valence-corrected chi connectivity index (χ1v) is 6.14. The number of amides is 1. The molecule has 0 heterocycles. The van der Waals surface area contributed by atoms with Gasteiger partial charge in [-0.05, 0) is 12.5 Å². The number of halogens is 2. The van der Waals surface area contributed by atoms with Gasteiger partial charge in [-0.3, -0.25) is 4.79 Å². The Hall–Kier alpha value is -2.02. The van der Waals surface area contributed by atoms with Gasteiger partial charge in [-0.25, -0.2) is 13.6 Å². The molecule has 1 aromatic carbocycles. The lowest BCUT2D eigenvalue weighted by molar-refractivity contribution is -0.119. The van der Waals surface area contributed by atoms with Gasteiger partial charge in [0.25, 0.3) is 0 Å². The summed E-state index contributed by atoms with van der Waals surface area (Å²) in [6.45, 7) is 1.96. The monoisotopic (exact) mass is 286 g/mol. The van der Waals surface area contributed by atoms with Crippen LogP contribution in [-0.2, 0) is 4.79 Å². The third-order valence-corrected chi connectivity index (χ3v) is 2.84. The smallest absolute Gasteiger partial charge is 0.338 e. The van der Waals surface area contributed by atoms with Gasteiger partial charge in [0, 0.05) is 12.6 Å². The van der Waals surface area contributed by atoms with Crippen molar-refractivity contribution in [3.05, 3.63) is 29.3 Å². The van der Waals surface area contributed by atoms with Gasteiger partial charge in [0.05, 0.1) is 17.2 Å². The highest BCUT2D eigenvalue weighted by atomic mass is 19.1. The number of hydrogen-bond donors (Lipinski definition) is 3. The summed E-state index contributed by atoms with van der Waals surface area (Å²) in [6, 6.07) is 1.18. The van der Waals surface area contributed by atoms with Gasteiger partial charge in [-0.2, -0.15) is 0 Å². The highest BCUT2D eigenvalue weighted by Crippen LogP contribution is 2.21. The van der Waals surface area contributed by atoms with Crippen LogP contribution in [0, 0.1) is 17.6 Å². The predicted octanol–water partition coefficient (Wildman–Crippen LogP) is 1.98. The van der Waals surface area contributed by atoms with E-state index in [0.29, 0.717) is 12.5 Å². The molecule has 0 spiro atoms. The van der Waals surface area contributed by atoms with Gasteiger partial charge in [0.15, 0.2) is 0 Å². The Bertz CT molecular complexity index is 521. The van der Waals surface area contributed by atoms with Crippen LogP contribution in [0.5, 0.6) is 0 Å². The van der Waals surface area contributed by atoms with Crippen molar-refractivity contribution < 1.29 is 23.5 Å². The maximum Gasteiger partial charge on any atom is 0.338 e. The Morgan fingerprint density at radius 3 is 2.50 bits per heavy atom. The third-order valence-electron chi connectivity index (χ3n) is 2.84. The number of carbonyl (C=O) groups excluding carboxylic acids is 1. The first-order chi connectivity index (χ1) is 9.40. The van der Waals surface area contributed by atoms with Crippen LogP contribution in [0.3, 0.4) is 0 Å². The van der Waals surface area contributed by atoms with Crippen molar-refractivity contribution in [2.45, 2.75) is 19.8 Å². The third kappa shape index (κ3) is 3.74. The number of carbonyl (C=O) groups is 2. The molecule has 7 heteroatoms. The zero-order valence-electron chi connectivity index (χ0n) is 11.0. The zero-order valence-corrected chi connectivity index (χ0v) is 11.0.